The largest absolute Gasteiger partial charge is 0.344 e. The van der Waals surface area contributed by atoms with Crippen molar-refractivity contribution in [1.82, 2.24) is 15.3 Å². The van der Waals surface area contributed by atoms with Crippen LogP contribution >= 0.6 is 0 Å². The van der Waals surface area contributed by atoms with Gasteiger partial charge in [-0.25, -0.2) is 4.98 Å². The van der Waals surface area contributed by atoms with Crippen LogP contribution in [-0.4, -0.2) is 15.9 Å². The minimum Gasteiger partial charge on any atom is -0.344 e. The van der Waals surface area contributed by atoms with Crippen molar-refractivity contribution in [3.8, 4) is 0 Å². The minimum absolute atomic E-state index is 0.00861. The molecule has 0 spiro atoms. The Hall–Kier alpha value is -2.23. The topological polar surface area (TPSA) is 54.9 Å². The molecule has 0 radical (unpaired) electrons. The smallest absolute Gasteiger partial charge is 0.271 e. The van der Waals surface area contributed by atoms with E-state index in [2.05, 4.69) is 29.1 Å². The highest BCUT2D eigenvalue weighted by atomic mass is 16.1. The molecule has 1 N–H and O–H groups in total. The average molecular weight is 269 g/mol. The van der Waals surface area contributed by atoms with Crippen molar-refractivity contribution in [3.63, 3.8) is 0 Å². The Bertz CT molecular complexity index is 540. The van der Waals surface area contributed by atoms with Crippen LogP contribution < -0.4 is 5.32 Å². The summed E-state index contributed by atoms with van der Waals surface area (Å²) >= 11 is 0. The maximum Gasteiger partial charge on any atom is 0.271 e. The first-order valence-electron chi connectivity index (χ1n) is 6.78. The fraction of sp³-hybridized carbons (Fsp3) is 0.312. The van der Waals surface area contributed by atoms with Crippen LogP contribution in [0.3, 0.4) is 0 Å². The van der Waals surface area contributed by atoms with Crippen molar-refractivity contribution in [1.29, 1.82) is 0 Å². The molecule has 0 aliphatic heterocycles. The van der Waals surface area contributed by atoms with Crippen LogP contribution in [0.1, 0.15) is 42.4 Å². The van der Waals surface area contributed by atoms with Crippen molar-refractivity contribution in [2.45, 2.75) is 26.3 Å². The van der Waals surface area contributed by atoms with E-state index in [9.17, 15) is 4.79 Å². The van der Waals surface area contributed by atoms with Crippen molar-refractivity contribution < 1.29 is 4.79 Å². The van der Waals surface area contributed by atoms with Gasteiger partial charge in [0, 0.05) is 12.4 Å². The quantitative estimate of drug-likeness (QED) is 0.907. The molecule has 0 aliphatic rings. The molecule has 20 heavy (non-hydrogen) atoms. The van der Waals surface area contributed by atoms with Gasteiger partial charge < -0.3 is 5.32 Å². The van der Waals surface area contributed by atoms with Gasteiger partial charge in [0.2, 0.25) is 0 Å². The third-order valence-corrected chi connectivity index (χ3v) is 3.01. The maximum atomic E-state index is 12.2. The van der Waals surface area contributed by atoms with Gasteiger partial charge in [0.25, 0.3) is 5.91 Å². The third kappa shape index (κ3) is 3.88. The van der Waals surface area contributed by atoms with Gasteiger partial charge in [-0.1, -0.05) is 44.2 Å². The Morgan fingerprint density at radius 2 is 1.95 bits per heavy atom. The normalized spacial score (nSPS) is 12.2. The second-order valence-electron chi connectivity index (χ2n) is 5.16. The maximum absolute atomic E-state index is 12.2. The van der Waals surface area contributed by atoms with E-state index in [0.29, 0.717) is 11.6 Å². The predicted molar refractivity (Wildman–Crippen MR) is 78.1 cm³/mol. The summed E-state index contributed by atoms with van der Waals surface area (Å²) in [5, 5.41) is 3.04. The molecule has 0 saturated carbocycles. The molecule has 2 rings (SSSR count). The first kappa shape index (κ1) is 14.2. The van der Waals surface area contributed by atoms with Crippen molar-refractivity contribution in [2.24, 2.45) is 5.92 Å². The zero-order chi connectivity index (χ0) is 14.4. The molecular weight excluding hydrogens is 250 g/mol. The van der Waals surface area contributed by atoms with E-state index in [-0.39, 0.29) is 11.9 Å². The van der Waals surface area contributed by atoms with Crippen LogP contribution in [0, 0.1) is 5.92 Å². The number of carbonyl (C=O) groups excluding carboxylic acids is 1. The van der Waals surface area contributed by atoms with Crippen LogP contribution in [0.4, 0.5) is 0 Å². The number of nitrogens with one attached hydrogen (secondary N) is 1. The van der Waals surface area contributed by atoms with Gasteiger partial charge in [-0.3, -0.25) is 9.78 Å². The van der Waals surface area contributed by atoms with Gasteiger partial charge in [0.15, 0.2) is 0 Å². The Morgan fingerprint density at radius 1 is 1.20 bits per heavy atom. The molecular formula is C16H19N3O. The van der Waals surface area contributed by atoms with Crippen LogP contribution in [0.5, 0.6) is 0 Å². The second kappa shape index (κ2) is 6.80. The minimum atomic E-state index is -0.187. The van der Waals surface area contributed by atoms with E-state index in [1.54, 1.807) is 6.20 Å². The van der Waals surface area contributed by atoms with Gasteiger partial charge in [-0.05, 0) is 17.9 Å². The summed E-state index contributed by atoms with van der Waals surface area (Å²) in [5.41, 5.74) is 1.45. The molecule has 1 heterocycles. The SMILES string of the molecule is CC(C)CC(NC(=O)c1cnccn1)c1ccccc1. The number of nitrogens with zero attached hydrogens (tertiary/aromatic N) is 2. The molecule has 2 aromatic rings. The summed E-state index contributed by atoms with van der Waals surface area (Å²) in [6.07, 6.45) is 5.44. The van der Waals surface area contributed by atoms with Gasteiger partial charge in [-0.2, -0.15) is 0 Å². The van der Waals surface area contributed by atoms with Crippen molar-refractivity contribution in [2.75, 3.05) is 0 Å². The van der Waals surface area contributed by atoms with E-state index in [0.717, 1.165) is 12.0 Å². The Kier molecular flexibility index (Phi) is 4.82. The summed E-state index contributed by atoms with van der Waals surface area (Å²) < 4.78 is 0. The van der Waals surface area contributed by atoms with Crippen LogP contribution in [0.15, 0.2) is 48.9 Å². The first-order valence-corrected chi connectivity index (χ1v) is 6.78. The van der Waals surface area contributed by atoms with E-state index < -0.39 is 0 Å². The molecule has 104 valence electrons. The zero-order valence-electron chi connectivity index (χ0n) is 11.8. The van der Waals surface area contributed by atoms with Crippen LogP contribution in [0.25, 0.3) is 0 Å². The highest BCUT2D eigenvalue weighted by Gasteiger charge is 2.17. The summed E-state index contributed by atoms with van der Waals surface area (Å²) in [5.74, 6) is 0.301. The van der Waals surface area contributed by atoms with Gasteiger partial charge in [-0.15, -0.1) is 0 Å². The molecule has 0 aliphatic carbocycles. The van der Waals surface area contributed by atoms with Gasteiger partial charge in [0.1, 0.15) is 5.69 Å². The fourth-order valence-electron chi connectivity index (χ4n) is 2.08. The molecule has 1 atom stereocenters. The number of hydrogen-bond acceptors (Lipinski definition) is 3. The molecule has 0 saturated heterocycles. The molecule has 0 bridgehead atoms. The zero-order valence-corrected chi connectivity index (χ0v) is 11.8. The average Bonchev–Trinajstić information content (AvgIpc) is 2.48. The summed E-state index contributed by atoms with van der Waals surface area (Å²) in [7, 11) is 0. The fourth-order valence-corrected chi connectivity index (χ4v) is 2.08. The van der Waals surface area contributed by atoms with E-state index in [4.69, 9.17) is 0 Å². The highest BCUT2D eigenvalue weighted by molar-refractivity contribution is 5.92. The summed E-state index contributed by atoms with van der Waals surface area (Å²) in [6, 6.07) is 9.99. The molecule has 4 heteroatoms. The lowest BCUT2D eigenvalue weighted by molar-refractivity contribution is 0.0926. The number of carbonyl (C=O) groups is 1. The van der Waals surface area contributed by atoms with Crippen molar-refractivity contribution >= 4 is 5.91 Å². The number of aromatic nitrogens is 2. The van der Waals surface area contributed by atoms with Crippen molar-refractivity contribution in [3.05, 3.63) is 60.2 Å². The lowest BCUT2D eigenvalue weighted by atomic mass is 9.97. The van der Waals surface area contributed by atoms with Crippen LogP contribution in [-0.2, 0) is 0 Å². The standard InChI is InChI=1S/C16H19N3O/c1-12(2)10-14(13-6-4-3-5-7-13)19-16(20)15-11-17-8-9-18-15/h3-9,11-12,14H,10H2,1-2H3,(H,19,20). The number of benzene rings is 1. The second-order valence-corrected chi connectivity index (χ2v) is 5.16. The monoisotopic (exact) mass is 269 g/mol. The molecule has 4 nitrogen and oxygen atoms in total. The summed E-state index contributed by atoms with van der Waals surface area (Å²) in [4.78, 5) is 20.1. The summed E-state index contributed by atoms with van der Waals surface area (Å²) in [6.45, 7) is 4.29. The Labute approximate surface area is 119 Å². The van der Waals surface area contributed by atoms with E-state index in [1.807, 2.05) is 30.3 Å². The number of amides is 1. The molecule has 1 unspecified atom stereocenters. The van der Waals surface area contributed by atoms with Gasteiger partial charge in [0.05, 0.1) is 12.2 Å². The molecule has 1 aromatic carbocycles. The Balaban J connectivity index is 2.14. The molecule has 1 aromatic heterocycles. The van der Waals surface area contributed by atoms with E-state index in [1.165, 1.54) is 12.4 Å². The third-order valence-electron chi connectivity index (χ3n) is 3.01. The highest BCUT2D eigenvalue weighted by Crippen LogP contribution is 2.21. The lowest BCUT2D eigenvalue weighted by Crippen LogP contribution is -2.30. The Morgan fingerprint density at radius 3 is 2.55 bits per heavy atom. The predicted octanol–water partition coefficient (Wildman–Crippen LogP) is 2.99. The van der Waals surface area contributed by atoms with Gasteiger partial charge >= 0.3 is 0 Å². The molecule has 1 amide bonds. The van der Waals surface area contributed by atoms with Crippen LogP contribution in [0.2, 0.25) is 0 Å². The molecule has 0 fully saturated rings. The lowest BCUT2D eigenvalue weighted by Gasteiger charge is -2.20. The number of hydrogen-bond donors (Lipinski definition) is 1. The first-order chi connectivity index (χ1) is 9.66. The number of rotatable bonds is 5. The van der Waals surface area contributed by atoms with E-state index >= 15 is 0 Å².